The maximum Gasteiger partial charge on any atom is 0.295 e. The number of aliphatic hydroxyl groups is 1. The van der Waals surface area contributed by atoms with Crippen LogP contribution < -0.4 is 0 Å². The Balaban J connectivity index is 1.90. The van der Waals surface area contributed by atoms with Crippen LogP contribution in [0.1, 0.15) is 63.1 Å². The Morgan fingerprint density at radius 3 is 2.09 bits per heavy atom. The van der Waals surface area contributed by atoms with Crippen molar-refractivity contribution in [3.8, 4) is 0 Å². The molecule has 0 aromatic heterocycles. The normalized spacial score (nSPS) is 17.5. The molecule has 2 aromatic carbocycles. The molecule has 1 atom stereocenters. The van der Waals surface area contributed by atoms with Gasteiger partial charge < -0.3 is 14.9 Å². The first-order valence-electron chi connectivity index (χ1n) is 12.4. The molecule has 0 bridgehead atoms. The number of unbranched alkanes of at least 4 members (excludes halogenated alkanes) is 2. The Morgan fingerprint density at radius 2 is 1.51 bits per heavy atom. The van der Waals surface area contributed by atoms with Crippen LogP contribution in [0.5, 0.6) is 0 Å². The summed E-state index contributed by atoms with van der Waals surface area (Å²) in [4.78, 5) is 30.2. The molecule has 1 amide bonds. The van der Waals surface area contributed by atoms with Crippen molar-refractivity contribution in [3.63, 3.8) is 0 Å². The fourth-order valence-electron chi connectivity index (χ4n) is 4.43. The van der Waals surface area contributed by atoms with Crippen molar-refractivity contribution in [2.24, 2.45) is 0 Å². The number of carbonyl (C=O) groups excluding carboxylic acids is 2. The van der Waals surface area contributed by atoms with Crippen LogP contribution in [0, 0.1) is 5.82 Å². The number of likely N-dealkylation sites (tertiary alicyclic amines) is 1. The second kappa shape index (κ2) is 12.8. The summed E-state index contributed by atoms with van der Waals surface area (Å²) in [5.41, 5.74) is 0.984. The van der Waals surface area contributed by atoms with Crippen LogP contribution in [0.2, 0.25) is 5.02 Å². The topological polar surface area (TPSA) is 60.9 Å². The van der Waals surface area contributed by atoms with E-state index in [0.717, 1.165) is 45.3 Å². The number of nitrogens with zero attached hydrogens (tertiary/aromatic N) is 2. The summed E-state index contributed by atoms with van der Waals surface area (Å²) < 4.78 is 13.4. The second-order valence-corrected chi connectivity index (χ2v) is 9.39. The van der Waals surface area contributed by atoms with Crippen LogP contribution in [0.3, 0.4) is 0 Å². The lowest BCUT2D eigenvalue weighted by molar-refractivity contribution is -0.140. The van der Waals surface area contributed by atoms with Gasteiger partial charge in [0.05, 0.1) is 11.6 Å². The molecule has 35 heavy (non-hydrogen) atoms. The molecule has 0 aliphatic carbocycles. The smallest absolute Gasteiger partial charge is 0.295 e. The van der Waals surface area contributed by atoms with Gasteiger partial charge in [-0.1, -0.05) is 50.4 Å². The van der Waals surface area contributed by atoms with Crippen molar-refractivity contribution in [1.29, 1.82) is 0 Å². The largest absolute Gasteiger partial charge is 0.507 e. The predicted molar refractivity (Wildman–Crippen MR) is 138 cm³/mol. The first kappa shape index (κ1) is 26.9. The van der Waals surface area contributed by atoms with Crippen LogP contribution in [0.25, 0.3) is 5.76 Å². The molecule has 0 spiro atoms. The van der Waals surface area contributed by atoms with Crippen molar-refractivity contribution in [2.75, 3.05) is 26.2 Å². The SMILES string of the molecule is CCCCN(CCCC)CCCN1C(=O)C(=O)/C(=C(\O)c2ccc(F)cc2)C1c1ccc(Cl)cc1. The van der Waals surface area contributed by atoms with Crippen LogP contribution >= 0.6 is 11.6 Å². The summed E-state index contributed by atoms with van der Waals surface area (Å²) in [6, 6.07) is 11.4. The molecule has 1 aliphatic heterocycles. The van der Waals surface area contributed by atoms with Crippen molar-refractivity contribution in [1.82, 2.24) is 9.80 Å². The Kier molecular flexibility index (Phi) is 9.87. The molecule has 1 heterocycles. The monoisotopic (exact) mass is 500 g/mol. The highest BCUT2D eigenvalue weighted by Crippen LogP contribution is 2.39. The Morgan fingerprint density at radius 1 is 0.943 bits per heavy atom. The zero-order chi connectivity index (χ0) is 25.4. The summed E-state index contributed by atoms with van der Waals surface area (Å²) in [5, 5.41) is 11.6. The number of Topliss-reactive ketones (excluding diaryl/α,β-unsaturated/α-hetero) is 1. The van der Waals surface area contributed by atoms with E-state index in [1.165, 1.54) is 24.3 Å². The van der Waals surface area contributed by atoms with E-state index in [1.807, 2.05) is 0 Å². The maximum absolute atomic E-state index is 13.4. The third kappa shape index (κ3) is 6.71. The van der Waals surface area contributed by atoms with Gasteiger partial charge in [0.15, 0.2) is 0 Å². The van der Waals surface area contributed by atoms with Gasteiger partial charge in [-0.25, -0.2) is 4.39 Å². The standard InChI is InChI=1S/C28H34ClFN2O3/c1-3-5-16-31(17-6-4-2)18-7-19-32-25(20-8-12-22(29)13-9-20)24(27(34)28(32)35)26(33)21-10-14-23(30)15-11-21/h8-15,25,33H,3-7,16-19H2,1-2H3/b26-24-. The minimum absolute atomic E-state index is 0.0118. The number of carbonyl (C=O) groups is 2. The molecule has 7 heteroatoms. The van der Waals surface area contributed by atoms with Gasteiger partial charge in [-0.15, -0.1) is 0 Å². The molecule has 1 saturated heterocycles. The molecule has 2 aromatic rings. The zero-order valence-electron chi connectivity index (χ0n) is 20.5. The first-order chi connectivity index (χ1) is 16.9. The van der Waals surface area contributed by atoms with E-state index in [1.54, 1.807) is 29.2 Å². The van der Waals surface area contributed by atoms with Gasteiger partial charge in [-0.2, -0.15) is 0 Å². The molecular weight excluding hydrogens is 467 g/mol. The first-order valence-corrected chi connectivity index (χ1v) is 12.8. The highest BCUT2D eigenvalue weighted by atomic mass is 35.5. The molecular formula is C28H34ClFN2O3. The molecule has 1 fully saturated rings. The fourth-order valence-corrected chi connectivity index (χ4v) is 4.56. The highest BCUT2D eigenvalue weighted by Gasteiger charge is 2.45. The van der Waals surface area contributed by atoms with Crippen LogP contribution in [-0.2, 0) is 9.59 Å². The number of ketones is 1. The lowest BCUT2D eigenvalue weighted by atomic mass is 9.95. The van der Waals surface area contributed by atoms with Crippen molar-refractivity contribution >= 4 is 29.1 Å². The van der Waals surface area contributed by atoms with Crippen molar-refractivity contribution < 1.29 is 19.1 Å². The summed E-state index contributed by atoms with van der Waals surface area (Å²) in [7, 11) is 0. The van der Waals surface area contributed by atoms with Crippen LogP contribution in [-0.4, -0.2) is 52.8 Å². The number of hydrogen-bond donors (Lipinski definition) is 1. The average Bonchev–Trinajstić information content (AvgIpc) is 3.10. The third-order valence-electron chi connectivity index (χ3n) is 6.37. The van der Waals surface area contributed by atoms with Crippen molar-refractivity contribution in [2.45, 2.75) is 52.0 Å². The fraction of sp³-hybridized carbons (Fsp3) is 0.429. The van der Waals surface area contributed by atoms with E-state index in [-0.39, 0.29) is 16.9 Å². The quantitative estimate of drug-likeness (QED) is 0.214. The second-order valence-electron chi connectivity index (χ2n) is 8.95. The summed E-state index contributed by atoms with van der Waals surface area (Å²) in [5.74, 6) is -2.13. The molecule has 188 valence electrons. The van der Waals surface area contributed by atoms with Crippen molar-refractivity contribution in [3.05, 3.63) is 76.1 Å². The third-order valence-corrected chi connectivity index (χ3v) is 6.62. The van der Waals surface area contributed by atoms with E-state index in [2.05, 4.69) is 18.7 Å². The predicted octanol–water partition coefficient (Wildman–Crippen LogP) is 6.19. The van der Waals surface area contributed by atoms with Crippen LogP contribution in [0.15, 0.2) is 54.1 Å². The lowest BCUT2D eigenvalue weighted by Crippen LogP contribution is -2.34. The Bertz CT molecular complexity index is 1030. The average molecular weight is 501 g/mol. The number of amides is 1. The van der Waals surface area contributed by atoms with E-state index >= 15 is 0 Å². The number of benzene rings is 2. The molecule has 0 radical (unpaired) electrons. The van der Waals surface area contributed by atoms with E-state index < -0.39 is 23.5 Å². The molecule has 0 saturated carbocycles. The molecule has 1 N–H and O–H groups in total. The highest BCUT2D eigenvalue weighted by molar-refractivity contribution is 6.46. The van der Waals surface area contributed by atoms with E-state index in [4.69, 9.17) is 11.6 Å². The van der Waals surface area contributed by atoms with Gasteiger partial charge in [0, 0.05) is 17.1 Å². The molecule has 3 rings (SSSR count). The van der Waals surface area contributed by atoms with Gasteiger partial charge in [0.1, 0.15) is 11.6 Å². The number of halogens is 2. The molecule has 1 unspecified atom stereocenters. The number of aliphatic hydroxyl groups excluding tert-OH is 1. The molecule has 1 aliphatic rings. The van der Waals surface area contributed by atoms with Gasteiger partial charge >= 0.3 is 0 Å². The minimum atomic E-state index is -0.739. The summed E-state index contributed by atoms with van der Waals surface area (Å²) in [6.45, 7) is 7.58. The van der Waals surface area contributed by atoms with Gasteiger partial charge in [0.25, 0.3) is 11.7 Å². The molecule has 5 nitrogen and oxygen atoms in total. The Labute approximate surface area is 212 Å². The zero-order valence-corrected chi connectivity index (χ0v) is 21.2. The van der Waals surface area contributed by atoms with E-state index in [0.29, 0.717) is 23.6 Å². The summed E-state index contributed by atoms with van der Waals surface area (Å²) >= 11 is 6.07. The van der Waals surface area contributed by atoms with Gasteiger partial charge in [-0.05, 0) is 80.9 Å². The van der Waals surface area contributed by atoms with Gasteiger partial charge in [0.2, 0.25) is 0 Å². The Hall–Kier alpha value is -2.70. The van der Waals surface area contributed by atoms with Crippen LogP contribution in [0.4, 0.5) is 4.39 Å². The maximum atomic E-state index is 13.4. The van der Waals surface area contributed by atoms with Gasteiger partial charge in [-0.3, -0.25) is 9.59 Å². The summed E-state index contributed by atoms with van der Waals surface area (Å²) in [6.07, 6.45) is 5.20. The lowest BCUT2D eigenvalue weighted by Gasteiger charge is -2.27. The number of hydrogen-bond acceptors (Lipinski definition) is 4. The number of rotatable bonds is 12. The minimum Gasteiger partial charge on any atom is -0.507 e. The van der Waals surface area contributed by atoms with E-state index in [9.17, 15) is 19.1 Å².